The van der Waals surface area contributed by atoms with Gasteiger partial charge in [0, 0.05) is 29.3 Å². The molecule has 2 aromatic carbocycles. The van der Waals surface area contributed by atoms with Crippen molar-refractivity contribution in [3.8, 4) is 0 Å². The van der Waals surface area contributed by atoms with E-state index in [1.54, 1.807) is 18.0 Å². The lowest BCUT2D eigenvalue weighted by molar-refractivity contribution is 0.0785. The van der Waals surface area contributed by atoms with Gasteiger partial charge in [-0.2, -0.15) is 0 Å². The fourth-order valence-corrected chi connectivity index (χ4v) is 2.36. The van der Waals surface area contributed by atoms with E-state index in [9.17, 15) is 4.79 Å². The molecule has 20 heavy (non-hydrogen) atoms. The van der Waals surface area contributed by atoms with Crippen molar-refractivity contribution in [2.75, 3.05) is 12.8 Å². The molecule has 2 rings (SSSR count). The minimum absolute atomic E-state index is 0.0247. The number of halogens is 1. The van der Waals surface area contributed by atoms with Gasteiger partial charge in [0.15, 0.2) is 0 Å². The van der Waals surface area contributed by atoms with Gasteiger partial charge in [-0.3, -0.25) is 4.79 Å². The Balaban J connectivity index is 2.14. The van der Waals surface area contributed by atoms with Gasteiger partial charge < -0.3 is 10.6 Å². The number of aryl methyl sites for hydroxylation is 1. The lowest BCUT2D eigenvalue weighted by atomic mass is 10.1. The van der Waals surface area contributed by atoms with Crippen LogP contribution in [0.1, 0.15) is 21.5 Å². The molecule has 2 N–H and O–H groups in total. The van der Waals surface area contributed by atoms with Gasteiger partial charge in [-0.05, 0) is 48.4 Å². The van der Waals surface area contributed by atoms with E-state index in [2.05, 4.69) is 15.9 Å². The molecular weight excluding hydrogens is 316 g/mol. The van der Waals surface area contributed by atoms with Crippen LogP contribution in [-0.4, -0.2) is 17.9 Å². The maximum absolute atomic E-state index is 12.4. The highest BCUT2D eigenvalue weighted by Gasteiger charge is 2.12. The first-order valence-corrected chi connectivity index (χ1v) is 7.12. The van der Waals surface area contributed by atoms with Crippen molar-refractivity contribution in [1.29, 1.82) is 0 Å². The van der Waals surface area contributed by atoms with Crippen LogP contribution < -0.4 is 5.73 Å². The molecule has 0 saturated carbocycles. The van der Waals surface area contributed by atoms with E-state index in [4.69, 9.17) is 5.73 Å². The molecule has 0 radical (unpaired) electrons. The predicted molar refractivity (Wildman–Crippen MR) is 85.5 cm³/mol. The van der Waals surface area contributed by atoms with Crippen LogP contribution in [0.25, 0.3) is 0 Å². The first kappa shape index (κ1) is 14.6. The van der Waals surface area contributed by atoms with E-state index >= 15 is 0 Å². The van der Waals surface area contributed by atoms with Crippen molar-refractivity contribution in [3.63, 3.8) is 0 Å². The summed E-state index contributed by atoms with van der Waals surface area (Å²) in [7, 11) is 1.79. The highest BCUT2D eigenvalue weighted by molar-refractivity contribution is 9.10. The van der Waals surface area contributed by atoms with Crippen LogP contribution in [0.15, 0.2) is 46.9 Å². The topological polar surface area (TPSA) is 46.3 Å². The normalized spacial score (nSPS) is 10.3. The summed E-state index contributed by atoms with van der Waals surface area (Å²) < 4.78 is 1.03. The summed E-state index contributed by atoms with van der Waals surface area (Å²) in [5, 5.41) is 0. The fourth-order valence-electron chi connectivity index (χ4n) is 2.09. The van der Waals surface area contributed by atoms with Crippen LogP contribution in [-0.2, 0) is 6.54 Å². The quantitative estimate of drug-likeness (QED) is 0.872. The molecule has 0 spiro atoms. The second-order valence-electron chi connectivity index (χ2n) is 4.92. The van der Waals surface area contributed by atoms with Gasteiger partial charge in [-0.25, -0.2) is 0 Å². The lowest BCUT2D eigenvalue weighted by Crippen LogP contribution is -2.26. The summed E-state index contributed by atoms with van der Waals surface area (Å²) in [5.74, 6) is -0.0247. The number of hydrogen-bond acceptors (Lipinski definition) is 2. The Hall–Kier alpha value is -1.81. The molecule has 0 bridgehead atoms. The molecule has 0 saturated heterocycles. The minimum Gasteiger partial charge on any atom is -0.399 e. The number of nitrogen functional groups attached to an aromatic ring is 1. The summed E-state index contributed by atoms with van der Waals surface area (Å²) in [6.45, 7) is 2.50. The number of anilines is 1. The summed E-state index contributed by atoms with van der Waals surface area (Å²) in [5.41, 5.74) is 9.11. The predicted octanol–water partition coefficient (Wildman–Crippen LogP) is 3.61. The summed E-state index contributed by atoms with van der Waals surface area (Å²) in [4.78, 5) is 14.1. The average molecular weight is 333 g/mol. The smallest absolute Gasteiger partial charge is 0.253 e. The number of carbonyl (C=O) groups excluding carboxylic acids is 1. The zero-order valence-corrected chi connectivity index (χ0v) is 13.1. The molecule has 104 valence electrons. The number of rotatable bonds is 3. The van der Waals surface area contributed by atoms with Crippen LogP contribution in [0.4, 0.5) is 5.69 Å². The highest BCUT2D eigenvalue weighted by atomic mass is 79.9. The number of benzene rings is 2. The third-order valence-electron chi connectivity index (χ3n) is 3.03. The van der Waals surface area contributed by atoms with Gasteiger partial charge in [-0.1, -0.05) is 28.1 Å². The van der Waals surface area contributed by atoms with Crippen LogP contribution in [0.3, 0.4) is 0 Å². The Bertz CT molecular complexity index is 603. The van der Waals surface area contributed by atoms with Crippen molar-refractivity contribution in [2.45, 2.75) is 13.5 Å². The van der Waals surface area contributed by atoms with E-state index < -0.39 is 0 Å². The van der Waals surface area contributed by atoms with Crippen LogP contribution in [0.2, 0.25) is 0 Å². The van der Waals surface area contributed by atoms with Crippen LogP contribution in [0, 0.1) is 6.92 Å². The van der Waals surface area contributed by atoms with Gasteiger partial charge in [0.2, 0.25) is 0 Å². The number of amides is 1. The Morgan fingerprint density at radius 2 is 1.85 bits per heavy atom. The molecule has 3 nitrogen and oxygen atoms in total. The first-order valence-electron chi connectivity index (χ1n) is 6.33. The van der Waals surface area contributed by atoms with Gasteiger partial charge >= 0.3 is 0 Å². The van der Waals surface area contributed by atoms with Crippen molar-refractivity contribution in [2.24, 2.45) is 0 Å². The van der Waals surface area contributed by atoms with Crippen molar-refractivity contribution >= 4 is 27.5 Å². The molecule has 4 heteroatoms. The molecule has 0 aliphatic rings. The number of hydrogen-bond donors (Lipinski definition) is 1. The molecular formula is C16H17BrN2O. The Morgan fingerprint density at radius 3 is 2.45 bits per heavy atom. The first-order chi connectivity index (χ1) is 9.45. The molecule has 0 heterocycles. The Morgan fingerprint density at radius 1 is 1.20 bits per heavy atom. The molecule has 1 amide bonds. The monoisotopic (exact) mass is 332 g/mol. The Kier molecular flexibility index (Phi) is 4.45. The second kappa shape index (κ2) is 6.09. The third-order valence-corrected chi connectivity index (χ3v) is 3.55. The average Bonchev–Trinajstić information content (AvgIpc) is 2.39. The molecule has 0 aliphatic heterocycles. The number of carbonyl (C=O) groups is 1. The van der Waals surface area contributed by atoms with Gasteiger partial charge in [0.25, 0.3) is 5.91 Å². The van der Waals surface area contributed by atoms with Crippen molar-refractivity contribution < 1.29 is 4.79 Å². The van der Waals surface area contributed by atoms with E-state index in [0.29, 0.717) is 17.8 Å². The summed E-state index contributed by atoms with van der Waals surface area (Å²) >= 11 is 3.40. The highest BCUT2D eigenvalue weighted by Crippen LogP contribution is 2.15. The minimum atomic E-state index is -0.0247. The van der Waals surface area contributed by atoms with Crippen LogP contribution >= 0.6 is 15.9 Å². The third kappa shape index (κ3) is 3.61. The maximum Gasteiger partial charge on any atom is 0.253 e. The molecule has 0 aromatic heterocycles. The number of nitrogens with two attached hydrogens (primary N) is 1. The second-order valence-corrected chi connectivity index (χ2v) is 5.84. The zero-order chi connectivity index (χ0) is 14.7. The molecule has 0 aliphatic carbocycles. The van der Waals surface area contributed by atoms with Crippen molar-refractivity contribution in [3.05, 3.63) is 63.6 Å². The molecule has 0 fully saturated rings. The maximum atomic E-state index is 12.4. The van der Waals surface area contributed by atoms with E-state index in [-0.39, 0.29) is 5.91 Å². The SMILES string of the molecule is Cc1cc(N)cc(C(=O)N(C)Cc2ccc(Br)cc2)c1. The largest absolute Gasteiger partial charge is 0.399 e. The standard InChI is InChI=1S/C16H17BrN2O/c1-11-7-13(9-15(18)8-11)16(20)19(2)10-12-3-5-14(17)6-4-12/h3-9H,10,18H2,1-2H3. The molecule has 0 atom stereocenters. The van der Waals surface area contributed by atoms with Gasteiger partial charge in [0.05, 0.1) is 0 Å². The number of nitrogens with zero attached hydrogens (tertiary/aromatic N) is 1. The molecule has 0 unspecified atom stereocenters. The van der Waals surface area contributed by atoms with Gasteiger partial charge in [0.1, 0.15) is 0 Å². The van der Waals surface area contributed by atoms with Crippen LogP contribution in [0.5, 0.6) is 0 Å². The lowest BCUT2D eigenvalue weighted by Gasteiger charge is -2.18. The van der Waals surface area contributed by atoms with E-state index in [0.717, 1.165) is 15.6 Å². The molecule has 2 aromatic rings. The summed E-state index contributed by atoms with van der Waals surface area (Å²) in [6.07, 6.45) is 0. The van der Waals surface area contributed by atoms with Crippen molar-refractivity contribution in [1.82, 2.24) is 4.90 Å². The summed E-state index contributed by atoms with van der Waals surface area (Å²) in [6, 6.07) is 13.4. The van der Waals surface area contributed by atoms with E-state index in [1.807, 2.05) is 43.3 Å². The fraction of sp³-hybridized carbons (Fsp3) is 0.188. The van der Waals surface area contributed by atoms with E-state index in [1.165, 1.54) is 0 Å². The van der Waals surface area contributed by atoms with Gasteiger partial charge in [-0.15, -0.1) is 0 Å². The Labute approximate surface area is 127 Å². The zero-order valence-electron chi connectivity index (χ0n) is 11.6.